The highest BCUT2D eigenvalue weighted by Crippen LogP contribution is 2.29. The first kappa shape index (κ1) is 15.9. The predicted molar refractivity (Wildman–Crippen MR) is 80.3 cm³/mol. The summed E-state index contributed by atoms with van der Waals surface area (Å²) in [6, 6.07) is 3.69. The summed E-state index contributed by atoms with van der Waals surface area (Å²) in [5, 5.41) is 17.7. The lowest BCUT2D eigenvalue weighted by molar-refractivity contribution is -0.384. The van der Waals surface area contributed by atoms with Crippen molar-refractivity contribution in [2.24, 2.45) is 7.05 Å². The summed E-state index contributed by atoms with van der Waals surface area (Å²) in [7, 11) is -2.52. The molecule has 0 aliphatic carbocycles. The molecule has 0 saturated carbocycles. The molecule has 0 fully saturated rings. The van der Waals surface area contributed by atoms with Crippen LogP contribution in [0.4, 0.5) is 11.4 Å². The van der Waals surface area contributed by atoms with Crippen LogP contribution in [0.25, 0.3) is 0 Å². The van der Waals surface area contributed by atoms with E-state index in [0.29, 0.717) is 0 Å². The van der Waals surface area contributed by atoms with Crippen molar-refractivity contribution in [2.75, 3.05) is 4.72 Å². The van der Waals surface area contributed by atoms with Crippen molar-refractivity contribution in [3.05, 3.63) is 37.4 Å². The molecule has 0 saturated heterocycles. The Morgan fingerprint density at radius 2 is 2.05 bits per heavy atom. The van der Waals surface area contributed by atoms with E-state index in [1.165, 1.54) is 25.2 Å². The molecule has 112 valence electrons. The van der Waals surface area contributed by atoms with E-state index >= 15 is 0 Å². The van der Waals surface area contributed by atoms with Crippen molar-refractivity contribution >= 4 is 53.3 Å². The average molecular weight is 441 g/mol. The Kier molecular flexibility index (Phi) is 4.30. The quantitative estimate of drug-likeness (QED) is 0.573. The minimum atomic E-state index is -3.95. The Labute approximate surface area is 135 Å². The average Bonchev–Trinajstić information content (AvgIpc) is 2.71. The molecule has 1 heterocycles. The van der Waals surface area contributed by atoms with Crippen molar-refractivity contribution in [1.29, 1.82) is 0 Å². The van der Waals surface area contributed by atoms with Gasteiger partial charge in [-0.15, -0.1) is 5.10 Å². The van der Waals surface area contributed by atoms with E-state index < -0.39 is 14.9 Å². The number of halogens is 2. The van der Waals surface area contributed by atoms with Gasteiger partial charge in [-0.3, -0.25) is 14.8 Å². The zero-order valence-corrected chi connectivity index (χ0v) is 14.3. The van der Waals surface area contributed by atoms with E-state index in [2.05, 4.69) is 46.9 Å². The largest absolute Gasteiger partial charge is 0.281 e. The van der Waals surface area contributed by atoms with Crippen LogP contribution in [0.15, 0.2) is 32.3 Å². The third-order valence-corrected chi connectivity index (χ3v) is 5.31. The van der Waals surface area contributed by atoms with Gasteiger partial charge in [-0.2, -0.15) is 8.42 Å². The van der Waals surface area contributed by atoms with Gasteiger partial charge in [-0.05, 0) is 37.9 Å². The Hall–Kier alpha value is -1.53. The highest BCUT2D eigenvalue weighted by atomic mass is 79.9. The second-order valence-corrected chi connectivity index (χ2v) is 7.04. The number of hydrogen-bond acceptors (Lipinski definition) is 6. The van der Waals surface area contributed by atoms with Crippen molar-refractivity contribution < 1.29 is 13.3 Å². The zero-order valence-electron chi connectivity index (χ0n) is 10.3. The Morgan fingerprint density at radius 3 is 2.52 bits per heavy atom. The summed E-state index contributed by atoms with van der Waals surface area (Å²) in [6.07, 6.45) is 0. The number of nitro groups is 1. The molecule has 0 spiro atoms. The number of aryl methyl sites for hydroxylation is 1. The summed E-state index contributed by atoms with van der Waals surface area (Å²) in [5.41, 5.74) is 0.00176. The Bertz CT molecular complexity index is 800. The molecule has 2 aromatic rings. The molecule has 12 heteroatoms. The maximum Gasteiger partial charge on any atom is 0.281 e. The third kappa shape index (κ3) is 3.22. The fraction of sp³-hybridized carbons (Fsp3) is 0.111. The molecule has 1 N–H and O–H groups in total. The first-order valence-corrected chi connectivity index (χ1v) is 8.31. The lowest BCUT2D eigenvalue weighted by Gasteiger charge is -2.09. The second-order valence-electron chi connectivity index (χ2n) is 3.84. The van der Waals surface area contributed by atoms with Crippen LogP contribution in [0.1, 0.15) is 0 Å². The summed E-state index contributed by atoms with van der Waals surface area (Å²) in [6.45, 7) is 0. The van der Waals surface area contributed by atoms with E-state index in [9.17, 15) is 18.5 Å². The van der Waals surface area contributed by atoms with Crippen LogP contribution >= 0.6 is 31.9 Å². The van der Waals surface area contributed by atoms with Crippen molar-refractivity contribution in [3.63, 3.8) is 0 Å². The molecule has 0 radical (unpaired) electrons. The van der Waals surface area contributed by atoms with Gasteiger partial charge >= 0.3 is 0 Å². The number of hydrogen-bond donors (Lipinski definition) is 1. The smallest absolute Gasteiger partial charge is 0.277 e. The molecule has 9 nitrogen and oxygen atoms in total. The lowest BCUT2D eigenvalue weighted by atomic mass is 10.3. The highest BCUT2D eigenvalue weighted by Gasteiger charge is 2.25. The Morgan fingerprint density at radius 1 is 1.38 bits per heavy atom. The maximum atomic E-state index is 12.3. The number of aromatic nitrogens is 3. The molecule has 0 bridgehead atoms. The van der Waals surface area contributed by atoms with Crippen LogP contribution < -0.4 is 4.72 Å². The maximum absolute atomic E-state index is 12.3. The first-order valence-electron chi connectivity index (χ1n) is 5.24. The van der Waals surface area contributed by atoms with E-state index in [-0.39, 0.29) is 25.5 Å². The molecule has 0 amide bonds. The van der Waals surface area contributed by atoms with Crippen LogP contribution in [-0.2, 0) is 17.1 Å². The summed E-state index contributed by atoms with van der Waals surface area (Å²) in [5.74, 6) is 0. The van der Waals surface area contributed by atoms with Gasteiger partial charge in [0, 0.05) is 23.7 Å². The summed E-state index contributed by atoms with van der Waals surface area (Å²) >= 11 is 6.09. The van der Waals surface area contributed by atoms with Crippen molar-refractivity contribution in [2.45, 2.75) is 5.03 Å². The molecule has 0 aliphatic heterocycles. The zero-order chi connectivity index (χ0) is 15.8. The number of nitrogens with zero attached hydrogens (tertiary/aromatic N) is 4. The van der Waals surface area contributed by atoms with Crippen LogP contribution in [0, 0.1) is 10.1 Å². The standard InChI is InChI=1S/C9H7Br2N5O4S/c1-15-9(8(11)12-14-15)21(19,20)13-7-3-2-5(16(17)18)4-6(7)10/h2-4,13H,1H3. The monoisotopic (exact) mass is 439 g/mol. The van der Waals surface area contributed by atoms with Gasteiger partial charge in [0.1, 0.15) is 0 Å². The second kappa shape index (κ2) is 5.69. The molecule has 1 aromatic carbocycles. The molecule has 0 atom stereocenters. The van der Waals surface area contributed by atoms with Crippen LogP contribution in [0.3, 0.4) is 0 Å². The van der Waals surface area contributed by atoms with E-state index in [0.717, 1.165) is 4.68 Å². The number of nitrogens with one attached hydrogen (secondary N) is 1. The minimum Gasteiger partial charge on any atom is -0.277 e. The highest BCUT2D eigenvalue weighted by molar-refractivity contribution is 9.10. The lowest BCUT2D eigenvalue weighted by Crippen LogP contribution is -2.17. The fourth-order valence-corrected chi connectivity index (χ4v) is 4.28. The molecule has 0 aliphatic rings. The van der Waals surface area contributed by atoms with E-state index in [1.54, 1.807) is 0 Å². The van der Waals surface area contributed by atoms with Crippen molar-refractivity contribution in [1.82, 2.24) is 15.0 Å². The van der Waals surface area contributed by atoms with Crippen LogP contribution in [0.5, 0.6) is 0 Å². The van der Waals surface area contributed by atoms with Crippen LogP contribution in [-0.4, -0.2) is 28.3 Å². The molecular weight excluding hydrogens is 434 g/mol. The van der Waals surface area contributed by atoms with Gasteiger partial charge in [0.15, 0.2) is 4.60 Å². The number of benzene rings is 1. The first-order chi connectivity index (χ1) is 9.72. The predicted octanol–water partition coefficient (Wildman–Crippen LogP) is 2.05. The van der Waals surface area contributed by atoms with Gasteiger partial charge in [0.05, 0.1) is 10.6 Å². The molecule has 21 heavy (non-hydrogen) atoms. The molecular formula is C9H7Br2N5O4S. The van der Waals surface area contributed by atoms with Gasteiger partial charge in [-0.25, -0.2) is 4.68 Å². The summed E-state index contributed by atoms with van der Waals surface area (Å²) in [4.78, 5) is 10.1. The summed E-state index contributed by atoms with van der Waals surface area (Å²) < 4.78 is 28.3. The number of nitro benzene ring substituents is 1. The van der Waals surface area contributed by atoms with Gasteiger partial charge in [0.2, 0.25) is 5.03 Å². The Balaban J connectivity index is 2.40. The van der Waals surface area contributed by atoms with Gasteiger partial charge in [0.25, 0.3) is 15.7 Å². The molecule has 2 rings (SSSR count). The van der Waals surface area contributed by atoms with Crippen LogP contribution in [0.2, 0.25) is 0 Å². The number of sulfonamides is 1. The molecule has 0 unspecified atom stereocenters. The number of anilines is 1. The minimum absolute atomic E-state index is 0.0653. The SMILES string of the molecule is Cn1nnc(Br)c1S(=O)(=O)Nc1ccc([N+](=O)[O-])cc1Br. The van der Waals surface area contributed by atoms with E-state index in [4.69, 9.17) is 0 Å². The van der Waals surface area contributed by atoms with Gasteiger partial charge < -0.3 is 0 Å². The topological polar surface area (TPSA) is 120 Å². The van der Waals surface area contributed by atoms with E-state index in [1.807, 2.05) is 0 Å². The number of rotatable bonds is 4. The third-order valence-electron chi connectivity index (χ3n) is 2.40. The van der Waals surface area contributed by atoms with Crippen molar-refractivity contribution in [3.8, 4) is 0 Å². The fourth-order valence-electron chi connectivity index (χ4n) is 1.50. The van der Waals surface area contributed by atoms with Gasteiger partial charge in [-0.1, -0.05) is 5.21 Å². The number of non-ortho nitro benzene ring substituents is 1. The molecule has 1 aromatic heterocycles. The normalized spacial score (nSPS) is 11.4.